The summed E-state index contributed by atoms with van der Waals surface area (Å²) in [5, 5.41) is 13.9. The Morgan fingerprint density at radius 2 is 1.91 bits per heavy atom. The van der Waals surface area contributed by atoms with Gasteiger partial charge in [0.25, 0.3) is 11.6 Å². The van der Waals surface area contributed by atoms with Gasteiger partial charge in [0.1, 0.15) is 5.75 Å². The predicted octanol–water partition coefficient (Wildman–Crippen LogP) is 1.97. The first-order valence-corrected chi connectivity index (χ1v) is 10.3. The maximum atomic E-state index is 13.0. The van der Waals surface area contributed by atoms with Gasteiger partial charge in [0.15, 0.2) is 6.10 Å². The van der Waals surface area contributed by atoms with Crippen molar-refractivity contribution in [2.24, 2.45) is 0 Å². The van der Waals surface area contributed by atoms with Crippen LogP contribution in [0.2, 0.25) is 0 Å². The van der Waals surface area contributed by atoms with E-state index in [0.29, 0.717) is 49.0 Å². The van der Waals surface area contributed by atoms with Crippen LogP contribution in [0.4, 0.5) is 17.1 Å². The third-order valence-corrected chi connectivity index (χ3v) is 5.57. The lowest BCUT2D eigenvalue weighted by Gasteiger charge is -2.38. The largest absolute Gasteiger partial charge is 0.477 e. The van der Waals surface area contributed by atoms with Gasteiger partial charge in [0.2, 0.25) is 5.91 Å². The Balaban J connectivity index is 1.50. The van der Waals surface area contributed by atoms with Gasteiger partial charge in [-0.25, -0.2) is 0 Å². The Morgan fingerprint density at radius 1 is 1.16 bits per heavy atom. The minimum absolute atomic E-state index is 0.0323. The van der Waals surface area contributed by atoms with Crippen molar-refractivity contribution >= 4 is 28.9 Å². The van der Waals surface area contributed by atoms with Crippen LogP contribution < -0.4 is 15.0 Å². The van der Waals surface area contributed by atoms with Crippen LogP contribution in [0.3, 0.4) is 0 Å². The van der Waals surface area contributed by atoms with Gasteiger partial charge in [-0.2, -0.15) is 0 Å². The van der Waals surface area contributed by atoms with Crippen molar-refractivity contribution in [1.29, 1.82) is 0 Å². The van der Waals surface area contributed by atoms with E-state index >= 15 is 0 Å². The summed E-state index contributed by atoms with van der Waals surface area (Å²) in [6.45, 7) is 3.77. The molecule has 2 heterocycles. The molecule has 10 nitrogen and oxygen atoms in total. The number of para-hydroxylation sites is 2. The molecule has 2 aromatic rings. The minimum Gasteiger partial charge on any atom is -0.477 e. The van der Waals surface area contributed by atoms with Crippen LogP contribution in [-0.4, -0.2) is 67.1 Å². The molecule has 0 aliphatic carbocycles. The molecule has 1 unspecified atom stereocenters. The third kappa shape index (κ3) is 4.50. The van der Waals surface area contributed by atoms with Gasteiger partial charge in [0, 0.05) is 19.2 Å². The van der Waals surface area contributed by atoms with E-state index < -0.39 is 11.0 Å². The summed E-state index contributed by atoms with van der Waals surface area (Å²) in [5.74, 6) is 0.0512. The van der Waals surface area contributed by atoms with Gasteiger partial charge in [-0.05, 0) is 25.1 Å². The van der Waals surface area contributed by atoms with Crippen LogP contribution >= 0.6 is 0 Å². The minimum atomic E-state index is -0.740. The molecule has 32 heavy (non-hydrogen) atoms. The quantitative estimate of drug-likeness (QED) is 0.558. The van der Waals surface area contributed by atoms with Gasteiger partial charge in [0.05, 0.1) is 48.2 Å². The Morgan fingerprint density at radius 3 is 2.66 bits per heavy atom. The smallest absolute Gasteiger partial charge is 0.274 e. The number of nitro benzene ring substituents is 1. The zero-order chi connectivity index (χ0) is 22.7. The number of nitrogens with zero attached hydrogens (tertiary/aromatic N) is 3. The highest BCUT2D eigenvalue weighted by Crippen LogP contribution is 2.33. The molecule has 2 aliphatic heterocycles. The Bertz CT molecular complexity index is 1040. The lowest BCUT2D eigenvalue weighted by Crippen LogP contribution is -2.53. The molecule has 0 bridgehead atoms. The molecule has 4 rings (SSSR count). The average molecular weight is 440 g/mol. The molecule has 10 heteroatoms. The van der Waals surface area contributed by atoms with Crippen LogP contribution in [0.25, 0.3) is 0 Å². The Kier molecular flexibility index (Phi) is 6.22. The van der Waals surface area contributed by atoms with Crippen LogP contribution in [0, 0.1) is 17.0 Å². The van der Waals surface area contributed by atoms with E-state index in [0.717, 1.165) is 0 Å². The number of nitrogens with one attached hydrogen (secondary N) is 1. The SMILES string of the molecule is Cc1c(NC(=O)CN2CC(C(=O)N3CCOCC3)Oc3ccccc32)cccc1[N+](=O)[O-]. The lowest BCUT2D eigenvalue weighted by molar-refractivity contribution is -0.385. The number of anilines is 2. The van der Waals surface area contributed by atoms with E-state index in [1.807, 2.05) is 18.2 Å². The van der Waals surface area contributed by atoms with Crippen molar-refractivity contribution in [3.63, 3.8) is 0 Å². The fourth-order valence-electron chi connectivity index (χ4n) is 3.89. The van der Waals surface area contributed by atoms with Gasteiger partial charge < -0.3 is 24.6 Å². The Labute approximate surface area is 184 Å². The zero-order valence-corrected chi connectivity index (χ0v) is 17.7. The number of carbonyl (C=O) groups is 2. The van der Waals surface area contributed by atoms with Crippen molar-refractivity contribution in [3.05, 3.63) is 58.1 Å². The molecule has 1 atom stereocenters. The molecule has 0 radical (unpaired) electrons. The van der Waals surface area contributed by atoms with Crippen molar-refractivity contribution in [2.45, 2.75) is 13.0 Å². The molecule has 1 fully saturated rings. The van der Waals surface area contributed by atoms with E-state index in [4.69, 9.17) is 9.47 Å². The number of morpholine rings is 1. The van der Waals surface area contributed by atoms with Crippen LogP contribution in [0.1, 0.15) is 5.56 Å². The summed E-state index contributed by atoms with van der Waals surface area (Å²) in [5.41, 5.74) is 1.42. The molecule has 1 saturated heterocycles. The van der Waals surface area contributed by atoms with Gasteiger partial charge in [-0.15, -0.1) is 0 Å². The van der Waals surface area contributed by atoms with Crippen molar-refractivity contribution in [2.75, 3.05) is 49.6 Å². The molecule has 0 spiro atoms. The monoisotopic (exact) mass is 440 g/mol. The molecule has 0 aromatic heterocycles. The van der Waals surface area contributed by atoms with Crippen LogP contribution in [0.15, 0.2) is 42.5 Å². The molecule has 2 aliphatic rings. The Hall–Kier alpha value is -3.66. The van der Waals surface area contributed by atoms with Gasteiger partial charge in [-0.3, -0.25) is 19.7 Å². The van der Waals surface area contributed by atoms with Gasteiger partial charge in [-0.1, -0.05) is 18.2 Å². The number of hydrogen-bond acceptors (Lipinski definition) is 7. The lowest BCUT2D eigenvalue weighted by atomic mass is 10.1. The van der Waals surface area contributed by atoms with E-state index in [2.05, 4.69) is 5.32 Å². The molecule has 2 aromatic carbocycles. The highest BCUT2D eigenvalue weighted by molar-refractivity contribution is 5.96. The zero-order valence-electron chi connectivity index (χ0n) is 17.7. The van der Waals surface area contributed by atoms with Crippen LogP contribution in [0.5, 0.6) is 5.75 Å². The second-order valence-corrected chi connectivity index (χ2v) is 7.65. The summed E-state index contributed by atoms with van der Waals surface area (Å²) in [7, 11) is 0. The fourth-order valence-corrected chi connectivity index (χ4v) is 3.89. The highest BCUT2D eigenvalue weighted by Gasteiger charge is 2.34. The molecular formula is C22H24N4O6. The van der Waals surface area contributed by atoms with E-state index in [9.17, 15) is 19.7 Å². The van der Waals surface area contributed by atoms with Crippen molar-refractivity contribution in [1.82, 2.24) is 4.90 Å². The van der Waals surface area contributed by atoms with Crippen molar-refractivity contribution in [3.8, 4) is 5.75 Å². The number of amides is 2. The van der Waals surface area contributed by atoms with Crippen LogP contribution in [-0.2, 0) is 14.3 Å². The maximum Gasteiger partial charge on any atom is 0.274 e. The summed E-state index contributed by atoms with van der Waals surface area (Å²) in [6.07, 6.45) is -0.740. The molecule has 1 N–H and O–H groups in total. The summed E-state index contributed by atoms with van der Waals surface area (Å²) >= 11 is 0. The molecule has 2 amide bonds. The first-order valence-electron chi connectivity index (χ1n) is 10.3. The fraction of sp³-hybridized carbons (Fsp3) is 0.364. The van der Waals surface area contributed by atoms with E-state index in [-0.39, 0.29) is 30.6 Å². The number of nitro groups is 1. The molecule has 168 valence electrons. The van der Waals surface area contributed by atoms with E-state index in [1.165, 1.54) is 12.1 Å². The number of fused-ring (bicyclic) bond motifs is 1. The number of benzene rings is 2. The first kappa shape index (κ1) is 21.6. The predicted molar refractivity (Wildman–Crippen MR) is 117 cm³/mol. The number of ether oxygens (including phenoxy) is 2. The number of carbonyl (C=O) groups excluding carboxylic acids is 2. The van der Waals surface area contributed by atoms with E-state index in [1.54, 1.807) is 28.9 Å². The first-order chi connectivity index (χ1) is 15.4. The van der Waals surface area contributed by atoms with Crippen molar-refractivity contribution < 1.29 is 24.0 Å². The average Bonchev–Trinajstić information content (AvgIpc) is 2.80. The third-order valence-electron chi connectivity index (χ3n) is 5.57. The highest BCUT2D eigenvalue weighted by atomic mass is 16.6. The summed E-state index contributed by atoms with van der Waals surface area (Å²) in [6, 6.07) is 11.8. The second-order valence-electron chi connectivity index (χ2n) is 7.65. The normalized spacial score (nSPS) is 17.8. The molecular weight excluding hydrogens is 416 g/mol. The second kappa shape index (κ2) is 9.23. The topological polar surface area (TPSA) is 114 Å². The number of hydrogen-bond donors (Lipinski definition) is 1. The summed E-state index contributed by atoms with van der Waals surface area (Å²) in [4.78, 5) is 40.0. The maximum absolute atomic E-state index is 13.0. The van der Waals surface area contributed by atoms with Gasteiger partial charge >= 0.3 is 0 Å². The number of rotatable bonds is 5. The standard InChI is InChI=1S/C22H24N4O6/c1-15-16(5-4-7-17(15)26(29)30)23-21(27)14-25-13-20(22(28)24-9-11-31-12-10-24)32-19-8-3-2-6-18(19)25/h2-8,20H,9-14H2,1H3,(H,23,27). The summed E-state index contributed by atoms with van der Waals surface area (Å²) < 4.78 is 11.3. The molecule has 0 saturated carbocycles.